The molecule has 13 heteroatoms. The van der Waals surface area contributed by atoms with Crippen LogP contribution in [0.25, 0.3) is 16.8 Å². The van der Waals surface area contributed by atoms with Gasteiger partial charge in [-0.3, -0.25) is 0 Å². The molecule has 0 radical (unpaired) electrons. The average molecular weight is 561 g/mol. The first-order chi connectivity index (χ1) is 19.4. The number of likely N-dealkylation sites (tertiary alicyclic amines) is 1. The zero-order chi connectivity index (χ0) is 29.5. The average Bonchev–Trinajstić information content (AvgIpc) is 3.66. The molecule has 0 aliphatic carbocycles. The fraction of sp³-hybridized carbons (Fsp3) is 0.536. The van der Waals surface area contributed by atoms with Gasteiger partial charge < -0.3 is 14.4 Å². The molecular formula is C28H36N10O3. The van der Waals surface area contributed by atoms with Crippen LogP contribution in [0.3, 0.4) is 0 Å². The van der Waals surface area contributed by atoms with Crippen molar-refractivity contribution in [3.8, 4) is 23.1 Å². The normalized spacial score (nSPS) is 15.3. The second kappa shape index (κ2) is 10.8. The Balaban J connectivity index is 1.40. The molecule has 0 spiro atoms. The van der Waals surface area contributed by atoms with Gasteiger partial charge in [0.2, 0.25) is 0 Å². The maximum Gasteiger partial charge on any atom is 0.410 e. The largest absolute Gasteiger partial charge is 0.482 e. The first-order valence-electron chi connectivity index (χ1n) is 13.8. The van der Waals surface area contributed by atoms with Crippen LogP contribution >= 0.6 is 0 Å². The molecule has 1 aliphatic rings. The first kappa shape index (κ1) is 28.1. The van der Waals surface area contributed by atoms with Crippen LogP contribution in [-0.2, 0) is 4.74 Å². The number of amides is 1. The summed E-state index contributed by atoms with van der Waals surface area (Å²) in [6.07, 6.45) is 5.82. The van der Waals surface area contributed by atoms with Crippen LogP contribution in [-0.4, -0.2) is 69.3 Å². The zero-order valence-corrected chi connectivity index (χ0v) is 24.6. The van der Waals surface area contributed by atoms with Gasteiger partial charge in [0.1, 0.15) is 46.0 Å². The van der Waals surface area contributed by atoms with Gasteiger partial charge in [-0.1, -0.05) is 5.21 Å². The lowest BCUT2D eigenvalue weighted by atomic mass is 10.0. The third-order valence-electron chi connectivity index (χ3n) is 7.07. The number of piperidine rings is 1. The van der Waals surface area contributed by atoms with Gasteiger partial charge >= 0.3 is 6.09 Å². The predicted octanol–water partition coefficient (Wildman–Crippen LogP) is 4.66. The summed E-state index contributed by atoms with van der Waals surface area (Å²) in [7, 11) is 0. The van der Waals surface area contributed by atoms with E-state index < -0.39 is 11.7 Å². The third kappa shape index (κ3) is 5.73. The van der Waals surface area contributed by atoms with Gasteiger partial charge in [0.25, 0.3) is 0 Å². The van der Waals surface area contributed by atoms with Crippen molar-refractivity contribution in [3.05, 3.63) is 41.6 Å². The number of ether oxygens (including phenoxy) is 2. The lowest BCUT2D eigenvalue weighted by Crippen LogP contribution is -2.42. The highest BCUT2D eigenvalue weighted by molar-refractivity contribution is 5.75. The molecule has 1 atom stereocenters. The highest BCUT2D eigenvalue weighted by Gasteiger charge is 2.29. The van der Waals surface area contributed by atoms with Crippen molar-refractivity contribution >= 4 is 11.6 Å². The molecule has 5 heterocycles. The Morgan fingerprint density at radius 3 is 2.51 bits per heavy atom. The number of pyridine rings is 1. The second-order valence-corrected chi connectivity index (χ2v) is 11.7. The number of aromatic nitrogens is 8. The van der Waals surface area contributed by atoms with Crippen LogP contribution in [0.15, 0.2) is 24.7 Å². The van der Waals surface area contributed by atoms with Crippen molar-refractivity contribution in [1.82, 2.24) is 44.5 Å². The summed E-state index contributed by atoms with van der Waals surface area (Å²) >= 11 is 0. The minimum atomic E-state index is -0.526. The highest BCUT2D eigenvalue weighted by atomic mass is 16.6. The minimum absolute atomic E-state index is 0.105. The Hall–Kier alpha value is -4.47. The van der Waals surface area contributed by atoms with Gasteiger partial charge in [-0.05, 0) is 67.4 Å². The summed E-state index contributed by atoms with van der Waals surface area (Å²) in [4.78, 5) is 15.9. The van der Waals surface area contributed by atoms with Crippen molar-refractivity contribution in [3.63, 3.8) is 0 Å². The zero-order valence-electron chi connectivity index (χ0n) is 24.6. The van der Waals surface area contributed by atoms with Crippen LogP contribution in [0.2, 0.25) is 0 Å². The van der Waals surface area contributed by atoms with Crippen LogP contribution in [0, 0.1) is 18.3 Å². The molecule has 1 amide bonds. The molecule has 13 nitrogen and oxygen atoms in total. The molecule has 1 saturated heterocycles. The van der Waals surface area contributed by atoms with Crippen LogP contribution in [0.4, 0.5) is 4.79 Å². The van der Waals surface area contributed by atoms with Crippen LogP contribution < -0.4 is 4.74 Å². The Kier molecular flexibility index (Phi) is 7.42. The first-order valence-corrected chi connectivity index (χ1v) is 13.8. The molecule has 0 bridgehead atoms. The lowest BCUT2D eigenvalue weighted by Gasteiger charge is -2.33. The molecule has 0 saturated carbocycles. The van der Waals surface area contributed by atoms with E-state index in [-0.39, 0.29) is 18.2 Å². The monoisotopic (exact) mass is 560 g/mol. The van der Waals surface area contributed by atoms with Crippen molar-refractivity contribution in [1.29, 1.82) is 5.26 Å². The Bertz CT molecular complexity index is 1600. The topological polar surface area (TPSA) is 141 Å². The van der Waals surface area contributed by atoms with E-state index in [9.17, 15) is 10.1 Å². The summed E-state index contributed by atoms with van der Waals surface area (Å²) in [6.45, 7) is 14.7. The van der Waals surface area contributed by atoms with Crippen LogP contribution in [0.5, 0.6) is 5.75 Å². The quantitative estimate of drug-likeness (QED) is 0.329. The van der Waals surface area contributed by atoms with Gasteiger partial charge in [0, 0.05) is 24.8 Å². The van der Waals surface area contributed by atoms with E-state index in [1.165, 1.54) is 6.20 Å². The number of hydrogen-bond acceptors (Lipinski definition) is 9. The van der Waals surface area contributed by atoms with Crippen LogP contribution in [0.1, 0.15) is 89.5 Å². The molecule has 4 aromatic heterocycles. The number of carbonyl (C=O) groups is 1. The Labute approximate surface area is 238 Å². The number of fused-ring (bicyclic) bond motifs is 1. The molecule has 1 aliphatic heterocycles. The molecule has 1 fully saturated rings. The molecule has 216 valence electrons. The van der Waals surface area contributed by atoms with Gasteiger partial charge in [-0.2, -0.15) is 25.4 Å². The van der Waals surface area contributed by atoms with Gasteiger partial charge in [0.05, 0.1) is 30.2 Å². The molecule has 41 heavy (non-hydrogen) atoms. The van der Waals surface area contributed by atoms with E-state index in [1.807, 2.05) is 65.4 Å². The number of carbonyl (C=O) groups excluding carboxylic acids is 1. The highest BCUT2D eigenvalue weighted by Crippen LogP contribution is 2.34. The number of rotatable bonds is 6. The minimum Gasteiger partial charge on any atom is -0.482 e. The maximum absolute atomic E-state index is 12.5. The van der Waals surface area contributed by atoms with Gasteiger partial charge in [0.15, 0.2) is 0 Å². The summed E-state index contributed by atoms with van der Waals surface area (Å²) in [5.74, 6) is 0.489. The molecular weight excluding hydrogens is 524 g/mol. The standard InChI is InChI=1S/C28H36N10O3/c1-17(2)38-31-15-23(33-38)19(4)40-24-12-20(16-36-26(24)21(13-29)14-30-36)25-18(3)37(34-32-25)22-8-10-35(11-9-22)27(39)41-28(5,6)7/h12,14-17,19,22H,8-11H2,1-7H3. The Morgan fingerprint density at radius 1 is 1.15 bits per heavy atom. The third-order valence-corrected chi connectivity index (χ3v) is 7.07. The van der Waals surface area contributed by atoms with E-state index in [4.69, 9.17) is 9.47 Å². The summed E-state index contributed by atoms with van der Waals surface area (Å²) in [6, 6.07) is 4.30. The molecule has 0 N–H and O–H groups in total. The van der Waals surface area contributed by atoms with Crippen molar-refractivity contribution < 1.29 is 14.3 Å². The fourth-order valence-corrected chi connectivity index (χ4v) is 4.93. The fourth-order valence-electron chi connectivity index (χ4n) is 4.93. The maximum atomic E-state index is 12.5. The van der Waals surface area contributed by atoms with E-state index >= 15 is 0 Å². The summed E-state index contributed by atoms with van der Waals surface area (Å²) < 4.78 is 15.5. The van der Waals surface area contributed by atoms with E-state index in [1.54, 1.807) is 20.4 Å². The number of nitriles is 1. The van der Waals surface area contributed by atoms with Crippen molar-refractivity contribution in [2.24, 2.45) is 0 Å². The molecule has 5 rings (SSSR count). The van der Waals surface area contributed by atoms with Gasteiger partial charge in [-0.25, -0.2) is 14.0 Å². The SMILES string of the molecule is Cc1c(-c2cc(OC(C)c3cnn(C(C)C)n3)c3c(C#N)cnn3c2)nnn1C1CCN(C(=O)OC(C)(C)C)CC1. The lowest BCUT2D eigenvalue weighted by molar-refractivity contribution is 0.0183. The number of nitrogens with zero attached hydrogens (tertiary/aromatic N) is 10. The van der Waals surface area contributed by atoms with E-state index in [0.717, 1.165) is 24.1 Å². The number of hydrogen-bond donors (Lipinski definition) is 0. The van der Waals surface area contributed by atoms with E-state index in [0.29, 0.717) is 41.3 Å². The molecule has 4 aromatic rings. The summed E-state index contributed by atoms with van der Waals surface area (Å²) in [5.41, 5.74) is 3.47. The Morgan fingerprint density at radius 2 is 1.88 bits per heavy atom. The predicted molar refractivity (Wildman–Crippen MR) is 149 cm³/mol. The van der Waals surface area contributed by atoms with E-state index in [2.05, 4.69) is 31.7 Å². The van der Waals surface area contributed by atoms with Crippen molar-refractivity contribution in [2.45, 2.75) is 85.1 Å². The molecule has 1 unspecified atom stereocenters. The van der Waals surface area contributed by atoms with Crippen molar-refractivity contribution in [2.75, 3.05) is 13.1 Å². The summed E-state index contributed by atoms with van der Waals surface area (Å²) in [5, 5.41) is 32.0. The van der Waals surface area contributed by atoms with Gasteiger partial charge in [-0.15, -0.1) is 5.10 Å². The smallest absolute Gasteiger partial charge is 0.410 e. The second-order valence-electron chi connectivity index (χ2n) is 11.7. The molecule has 0 aromatic carbocycles.